The van der Waals surface area contributed by atoms with E-state index in [1.54, 1.807) is 18.2 Å². The zero-order valence-corrected chi connectivity index (χ0v) is 10.4. The van der Waals surface area contributed by atoms with Crippen LogP contribution in [0.4, 0.5) is 0 Å². The van der Waals surface area contributed by atoms with E-state index in [9.17, 15) is 9.59 Å². The maximum Gasteiger partial charge on any atom is 0.248 e. The summed E-state index contributed by atoms with van der Waals surface area (Å²) in [7, 11) is 0. The van der Waals surface area contributed by atoms with Crippen molar-refractivity contribution in [3.8, 4) is 5.75 Å². The molecule has 0 saturated heterocycles. The van der Waals surface area contributed by atoms with E-state index < -0.39 is 5.91 Å². The van der Waals surface area contributed by atoms with Crippen LogP contribution in [0.5, 0.6) is 5.75 Å². The molecule has 1 amide bonds. The molecule has 0 aliphatic heterocycles. The van der Waals surface area contributed by atoms with Crippen molar-refractivity contribution in [1.82, 2.24) is 0 Å². The molecule has 0 spiro atoms. The van der Waals surface area contributed by atoms with Gasteiger partial charge in [0.25, 0.3) is 0 Å². The second-order valence-electron chi connectivity index (χ2n) is 4.66. The summed E-state index contributed by atoms with van der Waals surface area (Å²) in [5.41, 5.74) is 6.11. The largest absolute Gasteiger partial charge is 0.490 e. The lowest BCUT2D eigenvalue weighted by molar-refractivity contribution is 0.0988. The van der Waals surface area contributed by atoms with Gasteiger partial charge in [-0.25, -0.2) is 0 Å². The topological polar surface area (TPSA) is 69.4 Å². The predicted molar refractivity (Wildman–Crippen MR) is 67.8 cm³/mol. The molecule has 18 heavy (non-hydrogen) atoms. The molecule has 1 aliphatic rings. The number of rotatable bonds is 4. The van der Waals surface area contributed by atoms with Crippen molar-refractivity contribution in [3.63, 3.8) is 0 Å². The van der Waals surface area contributed by atoms with E-state index in [0.29, 0.717) is 16.9 Å². The summed E-state index contributed by atoms with van der Waals surface area (Å²) in [6.07, 6.45) is 4.44. The third-order valence-corrected chi connectivity index (χ3v) is 3.24. The molecule has 96 valence electrons. The molecule has 1 aliphatic carbocycles. The summed E-state index contributed by atoms with van der Waals surface area (Å²) in [4.78, 5) is 22.7. The molecular formula is C14H17NO3. The minimum absolute atomic E-state index is 0.0704. The highest BCUT2D eigenvalue weighted by molar-refractivity contribution is 5.99. The number of amides is 1. The van der Waals surface area contributed by atoms with Gasteiger partial charge >= 0.3 is 0 Å². The third kappa shape index (κ3) is 2.70. The van der Waals surface area contributed by atoms with E-state index >= 15 is 0 Å². The number of nitrogens with two attached hydrogens (primary N) is 1. The number of ketones is 1. The maximum atomic E-state index is 11.5. The predicted octanol–water partition coefficient (Wildman–Crippen LogP) is 2.31. The maximum absolute atomic E-state index is 11.5. The van der Waals surface area contributed by atoms with Crippen molar-refractivity contribution in [2.75, 3.05) is 0 Å². The number of hydrogen-bond acceptors (Lipinski definition) is 3. The van der Waals surface area contributed by atoms with Crippen molar-refractivity contribution in [1.29, 1.82) is 0 Å². The second-order valence-corrected chi connectivity index (χ2v) is 4.66. The first kappa shape index (κ1) is 12.6. The number of carbonyl (C=O) groups is 2. The zero-order valence-electron chi connectivity index (χ0n) is 10.4. The molecule has 4 nitrogen and oxygen atoms in total. The molecule has 0 heterocycles. The molecule has 0 bridgehead atoms. The Kier molecular flexibility index (Phi) is 3.65. The first-order chi connectivity index (χ1) is 8.58. The average molecular weight is 247 g/mol. The Morgan fingerprint density at radius 2 is 1.94 bits per heavy atom. The van der Waals surface area contributed by atoms with Gasteiger partial charge in [-0.3, -0.25) is 9.59 Å². The van der Waals surface area contributed by atoms with Crippen molar-refractivity contribution in [2.24, 2.45) is 5.73 Å². The molecule has 1 fully saturated rings. The minimum Gasteiger partial charge on any atom is -0.490 e. The number of Topliss-reactive ketones (excluding diaryl/α,β-unsaturated/α-hetero) is 1. The summed E-state index contributed by atoms with van der Waals surface area (Å²) in [5.74, 6) is -0.105. The van der Waals surface area contributed by atoms with Gasteiger partial charge in [0.2, 0.25) is 5.91 Å². The van der Waals surface area contributed by atoms with Gasteiger partial charge in [-0.2, -0.15) is 0 Å². The first-order valence-electron chi connectivity index (χ1n) is 6.19. The normalized spacial score (nSPS) is 15.6. The highest BCUT2D eigenvalue weighted by atomic mass is 16.5. The van der Waals surface area contributed by atoms with Crippen LogP contribution in [0.3, 0.4) is 0 Å². The summed E-state index contributed by atoms with van der Waals surface area (Å²) >= 11 is 0. The first-order valence-corrected chi connectivity index (χ1v) is 6.19. The van der Waals surface area contributed by atoms with Gasteiger partial charge in [0.15, 0.2) is 5.78 Å². The quantitative estimate of drug-likeness (QED) is 0.830. The Morgan fingerprint density at radius 1 is 1.28 bits per heavy atom. The number of primary amides is 1. The SMILES string of the molecule is CC(=O)c1ccc(C(N)=O)cc1OC1CCCC1. The molecular weight excluding hydrogens is 230 g/mol. The Hall–Kier alpha value is -1.84. The molecule has 1 aromatic rings. The van der Waals surface area contributed by atoms with Gasteiger partial charge < -0.3 is 10.5 Å². The van der Waals surface area contributed by atoms with Crippen molar-refractivity contribution < 1.29 is 14.3 Å². The van der Waals surface area contributed by atoms with Gasteiger partial charge in [-0.05, 0) is 50.8 Å². The number of ether oxygens (including phenoxy) is 1. The van der Waals surface area contributed by atoms with E-state index in [4.69, 9.17) is 10.5 Å². The molecule has 0 aromatic heterocycles. The Labute approximate surface area is 106 Å². The third-order valence-electron chi connectivity index (χ3n) is 3.24. The molecule has 0 radical (unpaired) electrons. The number of benzene rings is 1. The fraction of sp³-hybridized carbons (Fsp3) is 0.429. The summed E-state index contributed by atoms with van der Waals surface area (Å²) < 4.78 is 5.83. The van der Waals surface area contributed by atoms with Crippen LogP contribution >= 0.6 is 0 Å². The van der Waals surface area contributed by atoms with Crippen molar-refractivity contribution in [3.05, 3.63) is 29.3 Å². The molecule has 2 rings (SSSR count). The average Bonchev–Trinajstić information content (AvgIpc) is 2.81. The van der Waals surface area contributed by atoms with Crippen LogP contribution in [0.1, 0.15) is 53.3 Å². The van der Waals surface area contributed by atoms with E-state index in [-0.39, 0.29) is 11.9 Å². The lowest BCUT2D eigenvalue weighted by Gasteiger charge is -2.16. The standard InChI is InChI=1S/C14H17NO3/c1-9(16)12-7-6-10(14(15)17)8-13(12)18-11-4-2-3-5-11/h6-8,11H,2-5H2,1H3,(H2,15,17). The fourth-order valence-corrected chi connectivity index (χ4v) is 2.25. The number of carbonyl (C=O) groups excluding carboxylic acids is 2. The summed E-state index contributed by atoms with van der Waals surface area (Å²) in [6.45, 7) is 1.49. The number of hydrogen-bond donors (Lipinski definition) is 1. The lowest BCUT2D eigenvalue weighted by atomic mass is 10.1. The van der Waals surface area contributed by atoms with Crippen LogP contribution in [0, 0.1) is 0 Å². The monoisotopic (exact) mass is 247 g/mol. The van der Waals surface area contributed by atoms with Crippen LogP contribution in [0.2, 0.25) is 0 Å². The Bertz CT molecular complexity index is 476. The highest BCUT2D eigenvalue weighted by Gasteiger charge is 2.19. The minimum atomic E-state index is -0.513. The zero-order chi connectivity index (χ0) is 13.1. The van der Waals surface area contributed by atoms with Crippen LogP contribution in [-0.2, 0) is 0 Å². The molecule has 0 unspecified atom stereocenters. The fourth-order valence-electron chi connectivity index (χ4n) is 2.25. The molecule has 4 heteroatoms. The second kappa shape index (κ2) is 5.21. The molecule has 1 saturated carbocycles. The van der Waals surface area contributed by atoms with Crippen LogP contribution in [0.15, 0.2) is 18.2 Å². The van der Waals surface area contributed by atoms with E-state index in [1.807, 2.05) is 0 Å². The van der Waals surface area contributed by atoms with Gasteiger partial charge in [0.05, 0.1) is 11.7 Å². The molecule has 1 aromatic carbocycles. The summed E-state index contributed by atoms with van der Waals surface area (Å²) in [5, 5.41) is 0. The van der Waals surface area contributed by atoms with Crippen molar-refractivity contribution >= 4 is 11.7 Å². The van der Waals surface area contributed by atoms with Gasteiger partial charge in [0.1, 0.15) is 5.75 Å². The van der Waals surface area contributed by atoms with E-state index in [1.165, 1.54) is 6.92 Å². The van der Waals surface area contributed by atoms with E-state index in [2.05, 4.69) is 0 Å². The van der Waals surface area contributed by atoms with E-state index in [0.717, 1.165) is 25.7 Å². The van der Waals surface area contributed by atoms with Gasteiger partial charge in [-0.15, -0.1) is 0 Å². The van der Waals surface area contributed by atoms with Gasteiger partial charge in [-0.1, -0.05) is 0 Å². The van der Waals surface area contributed by atoms with Crippen LogP contribution in [-0.4, -0.2) is 17.8 Å². The Balaban J connectivity index is 2.30. The summed E-state index contributed by atoms with van der Waals surface area (Å²) in [6, 6.07) is 4.73. The van der Waals surface area contributed by atoms with Crippen LogP contribution in [0.25, 0.3) is 0 Å². The van der Waals surface area contributed by atoms with Gasteiger partial charge in [0, 0.05) is 5.56 Å². The molecule has 2 N–H and O–H groups in total. The van der Waals surface area contributed by atoms with Crippen LogP contribution < -0.4 is 10.5 Å². The van der Waals surface area contributed by atoms with Crippen molar-refractivity contribution in [2.45, 2.75) is 38.7 Å². The smallest absolute Gasteiger partial charge is 0.248 e. The lowest BCUT2D eigenvalue weighted by Crippen LogP contribution is -2.15. The highest BCUT2D eigenvalue weighted by Crippen LogP contribution is 2.28. The molecule has 0 atom stereocenters. The Morgan fingerprint density at radius 3 is 2.50 bits per heavy atom.